The monoisotopic (exact) mass is 271 g/mol. The van der Waals surface area contributed by atoms with Crippen LogP contribution in [-0.2, 0) is 0 Å². The molecule has 2 rings (SSSR count). The van der Waals surface area contributed by atoms with E-state index < -0.39 is 0 Å². The van der Waals surface area contributed by atoms with Crippen LogP contribution >= 0.6 is 0 Å². The molecule has 1 aromatic carbocycles. The smallest absolute Gasteiger partial charge is 0.145 e. The lowest BCUT2D eigenvalue weighted by Gasteiger charge is -2.07. The third-order valence-corrected chi connectivity index (χ3v) is 2.81. The van der Waals surface area contributed by atoms with Gasteiger partial charge in [-0.25, -0.2) is 4.98 Å². The van der Waals surface area contributed by atoms with Crippen molar-refractivity contribution in [2.75, 3.05) is 18.5 Å². The Bertz CT molecular complexity index is 526. The molecule has 1 heterocycles. The number of nitrogens with zero attached hydrogens (tertiary/aromatic N) is 2. The van der Waals surface area contributed by atoms with Gasteiger partial charge in [0.05, 0.1) is 24.7 Å². The molecule has 0 fully saturated rings. The molecule has 0 unspecified atom stereocenters. The van der Waals surface area contributed by atoms with E-state index in [2.05, 4.69) is 29.1 Å². The predicted octanol–water partition coefficient (Wildman–Crippen LogP) is 3.75. The van der Waals surface area contributed by atoms with Crippen molar-refractivity contribution in [3.63, 3.8) is 0 Å². The molecule has 4 nitrogen and oxygen atoms in total. The van der Waals surface area contributed by atoms with Gasteiger partial charge in [0.1, 0.15) is 11.6 Å². The molecule has 20 heavy (non-hydrogen) atoms. The van der Waals surface area contributed by atoms with E-state index in [1.54, 1.807) is 12.4 Å². The minimum absolute atomic E-state index is 0.746. The molecule has 0 atom stereocenters. The van der Waals surface area contributed by atoms with E-state index in [0.29, 0.717) is 0 Å². The summed E-state index contributed by atoms with van der Waals surface area (Å²) in [4.78, 5) is 8.79. The molecule has 1 aromatic heterocycles. The summed E-state index contributed by atoms with van der Waals surface area (Å²) >= 11 is 0. The van der Waals surface area contributed by atoms with Gasteiger partial charge >= 0.3 is 0 Å². The predicted molar refractivity (Wildman–Crippen MR) is 82.0 cm³/mol. The van der Waals surface area contributed by atoms with Gasteiger partial charge in [0.15, 0.2) is 0 Å². The van der Waals surface area contributed by atoms with E-state index >= 15 is 0 Å². The average molecular weight is 271 g/mol. The Morgan fingerprint density at radius 3 is 2.55 bits per heavy atom. The van der Waals surface area contributed by atoms with E-state index in [1.165, 1.54) is 0 Å². The lowest BCUT2D eigenvalue weighted by molar-refractivity contribution is 0.317. The summed E-state index contributed by atoms with van der Waals surface area (Å²) in [6.07, 6.45) is 5.60. The molecule has 0 spiro atoms. The third kappa shape index (κ3) is 3.95. The standard InChI is InChI=1S/C16H21N3O/c1-3-9-18-16-12-17-11-15(19-16)13-5-7-14(8-6-13)20-10-4-2/h5-8,11-12H,3-4,9-10H2,1-2H3,(H,18,19). The number of aromatic nitrogens is 2. The first-order chi connectivity index (χ1) is 9.83. The molecule has 0 aliphatic carbocycles. The fourth-order valence-electron chi connectivity index (χ4n) is 1.79. The van der Waals surface area contributed by atoms with Crippen LogP contribution in [0.3, 0.4) is 0 Å². The second kappa shape index (κ2) is 7.48. The van der Waals surface area contributed by atoms with E-state index in [1.807, 2.05) is 24.3 Å². The number of hydrogen-bond acceptors (Lipinski definition) is 4. The number of benzene rings is 1. The minimum atomic E-state index is 0.746. The van der Waals surface area contributed by atoms with Crippen LogP contribution in [0.1, 0.15) is 26.7 Å². The molecule has 0 saturated carbocycles. The van der Waals surface area contributed by atoms with Crippen molar-refractivity contribution >= 4 is 5.82 Å². The van der Waals surface area contributed by atoms with Crippen LogP contribution in [0.2, 0.25) is 0 Å². The summed E-state index contributed by atoms with van der Waals surface area (Å²) < 4.78 is 5.57. The van der Waals surface area contributed by atoms with E-state index in [0.717, 1.165) is 48.8 Å². The van der Waals surface area contributed by atoms with Crippen molar-refractivity contribution in [1.29, 1.82) is 0 Å². The van der Waals surface area contributed by atoms with Crippen LogP contribution in [0.5, 0.6) is 5.75 Å². The number of hydrogen-bond donors (Lipinski definition) is 1. The number of nitrogens with one attached hydrogen (secondary N) is 1. The molecular formula is C16H21N3O. The van der Waals surface area contributed by atoms with Gasteiger partial charge in [0, 0.05) is 12.1 Å². The highest BCUT2D eigenvalue weighted by atomic mass is 16.5. The zero-order valence-corrected chi connectivity index (χ0v) is 12.1. The highest BCUT2D eigenvalue weighted by Gasteiger charge is 2.02. The molecule has 0 amide bonds. The summed E-state index contributed by atoms with van der Waals surface area (Å²) in [5, 5.41) is 3.25. The van der Waals surface area contributed by atoms with Crippen molar-refractivity contribution in [2.24, 2.45) is 0 Å². The van der Waals surface area contributed by atoms with E-state index in [9.17, 15) is 0 Å². The fraction of sp³-hybridized carbons (Fsp3) is 0.375. The van der Waals surface area contributed by atoms with Crippen LogP contribution in [0.15, 0.2) is 36.7 Å². The molecule has 2 aromatic rings. The minimum Gasteiger partial charge on any atom is -0.494 e. The maximum Gasteiger partial charge on any atom is 0.145 e. The van der Waals surface area contributed by atoms with Gasteiger partial charge in [0.2, 0.25) is 0 Å². The summed E-state index contributed by atoms with van der Waals surface area (Å²) in [6.45, 7) is 5.87. The average Bonchev–Trinajstić information content (AvgIpc) is 2.52. The van der Waals surface area contributed by atoms with Gasteiger partial charge in [0.25, 0.3) is 0 Å². The molecule has 106 valence electrons. The lowest BCUT2D eigenvalue weighted by atomic mass is 10.1. The summed E-state index contributed by atoms with van der Waals surface area (Å²) in [6, 6.07) is 7.97. The van der Waals surface area contributed by atoms with Crippen molar-refractivity contribution < 1.29 is 4.74 Å². The molecule has 0 bridgehead atoms. The quantitative estimate of drug-likeness (QED) is 0.833. The summed E-state index contributed by atoms with van der Waals surface area (Å²) in [5.74, 6) is 1.71. The number of ether oxygens (including phenoxy) is 1. The van der Waals surface area contributed by atoms with E-state index in [-0.39, 0.29) is 0 Å². The second-order valence-electron chi connectivity index (χ2n) is 4.59. The Kier molecular flexibility index (Phi) is 5.35. The van der Waals surface area contributed by atoms with Crippen LogP contribution in [-0.4, -0.2) is 23.1 Å². The van der Waals surface area contributed by atoms with Crippen molar-refractivity contribution in [3.8, 4) is 17.0 Å². The Hall–Kier alpha value is -2.10. The molecule has 0 radical (unpaired) electrons. The van der Waals surface area contributed by atoms with E-state index in [4.69, 9.17) is 4.74 Å². The van der Waals surface area contributed by atoms with Crippen molar-refractivity contribution in [1.82, 2.24) is 9.97 Å². The SMILES string of the molecule is CCCNc1cncc(-c2ccc(OCCC)cc2)n1. The van der Waals surface area contributed by atoms with Gasteiger partial charge in [-0.2, -0.15) is 0 Å². The van der Waals surface area contributed by atoms with Crippen LogP contribution in [0.25, 0.3) is 11.3 Å². The number of rotatable bonds is 7. The normalized spacial score (nSPS) is 10.3. The third-order valence-electron chi connectivity index (χ3n) is 2.81. The van der Waals surface area contributed by atoms with Crippen molar-refractivity contribution in [2.45, 2.75) is 26.7 Å². The van der Waals surface area contributed by atoms with Crippen LogP contribution < -0.4 is 10.1 Å². The topological polar surface area (TPSA) is 47.0 Å². The Morgan fingerprint density at radius 1 is 1.05 bits per heavy atom. The van der Waals surface area contributed by atoms with Crippen LogP contribution in [0.4, 0.5) is 5.82 Å². The molecule has 0 aliphatic heterocycles. The Labute approximate surface area is 120 Å². The van der Waals surface area contributed by atoms with Gasteiger partial charge in [-0.05, 0) is 37.1 Å². The van der Waals surface area contributed by atoms with Gasteiger partial charge in [-0.3, -0.25) is 4.98 Å². The first-order valence-corrected chi connectivity index (χ1v) is 7.12. The largest absolute Gasteiger partial charge is 0.494 e. The van der Waals surface area contributed by atoms with Crippen LogP contribution in [0, 0.1) is 0 Å². The first-order valence-electron chi connectivity index (χ1n) is 7.12. The molecule has 1 N–H and O–H groups in total. The zero-order valence-electron chi connectivity index (χ0n) is 12.1. The van der Waals surface area contributed by atoms with Gasteiger partial charge in [-0.15, -0.1) is 0 Å². The molecule has 4 heteroatoms. The summed E-state index contributed by atoms with van der Waals surface area (Å²) in [7, 11) is 0. The highest BCUT2D eigenvalue weighted by molar-refractivity contribution is 5.60. The maximum atomic E-state index is 5.57. The fourth-order valence-corrected chi connectivity index (χ4v) is 1.79. The van der Waals surface area contributed by atoms with Gasteiger partial charge in [-0.1, -0.05) is 13.8 Å². The second-order valence-corrected chi connectivity index (χ2v) is 4.59. The first kappa shape index (κ1) is 14.3. The molecule has 0 saturated heterocycles. The molecular weight excluding hydrogens is 250 g/mol. The molecule has 0 aliphatic rings. The van der Waals surface area contributed by atoms with Gasteiger partial charge < -0.3 is 10.1 Å². The zero-order chi connectivity index (χ0) is 14.2. The Balaban J connectivity index is 2.10. The Morgan fingerprint density at radius 2 is 1.85 bits per heavy atom. The summed E-state index contributed by atoms with van der Waals surface area (Å²) in [5.41, 5.74) is 1.91. The lowest BCUT2D eigenvalue weighted by Crippen LogP contribution is -2.02. The number of anilines is 1. The van der Waals surface area contributed by atoms with Crippen molar-refractivity contribution in [3.05, 3.63) is 36.7 Å². The maximum absolute atomic E-state index is 5.57. The highest BCUT2D eigenvalue weighted by Crippen LogP contribution is 2.21.